The van der Waals surface area contributed by atoms with Crippen molar-refractivity contribution in [2.75, 3.05) is 13.2 Å². The molecule has 2 aromatic rings. The van der Waals surface area contributed by atoms with Crippen molar-refractivity contribution in [2.45, 2.75) is 25.0 Å². The van der Waals surface area contributed by atoms with Crippen molar-refractivity contribution >= 4 is 10.8 Å². The van der Waals surface area contributed by atoms with Gasteiger partial charge in [0, 0.05) is 18.0 Å². The van der Waals surface area contributed by atoms with Crippen molar-refractivity contribution in [1.29, 1.82) is 0 Å². The summed E-state index contributed by atoms with van der Waals surface area (Å²) in [7, 11) is 0. The molecule has 2 aromatic carbocycles. The molecule has 3 heteroatoms. The number of hydrogen-bond acceptors (Lipinski definition) is 3. The van der Waals surface area contributed by atoms with Gasteiger partial charge in [0.2, 0.25) is 0 Å². The van der Waals surface area contributed by atoms with E-state index in [2.05, 4.69) is 17.4 Å². The highest BCUT2D eigenvalue weighted by molar-refractivity contribution is 5.88. The zero-order valence-electron chi connectivity index (χ0n) is 10.9. The second kappa shape index (κ2) is 5.59. The second-order valence-corrected chi connectivity index (χ2v) is 5.12. The van der Waals surface area contributed by atoms with E-state index in [1.54, 1.807) is 0 Å². The van der Waals surface area contributed by atoms with E-state index >= 15 is 0 Å². The smallest absolute Gasteiger partial charge is 0.127 e. The van der Waals surface area contributed by atoms with Crippen LogP contribution in [0.4, 0.5) is 0 Å². The minimum Gasteiger partial charge on any atom is -0.490 e. The van der Waals surface area contributed by atoms with Gasteiger partial charge >= 0.3 is 0 Å². The maximum atomic E-state index is 9.87. The molecule has 0 spiro atoms. The summed E-state index contributed by atoms with van der Waals surface area (Å²) in [5, 5.41) is 15.4. The maximum Gasteiger partial charge on any atom is 0.127 e. The number of nitrogens with one attached hydrogen (secondary N) is 1. The third-order valence-corrected chi connectivity index (χ3v) is 3.40. The molecule has 3 nitrogen and oxygen atoms in total. The Balaban J connectivity index is 1.61. The molecule has 0 aromatic heterocycles. The van der Waals surface area contributed by atoms with Gasteiger partial charge in [-0.25, -0.2) is 0 Å². The van der Waals surface area contributed by atoms with Crippen LogP contribution in [-0.2, 0) is 0 Å². The van der Waals surface area contributed by atoms with E-state index in [1.807, 2.05) is 30.3 Å². The zero-order chi connectivity index (χ0) is 13.1. The average molecular weight is 257 g/mol. The van der Waals surface area contributed by atoms with Crippen molar-refractivity contribution in [3.8, 4) is 5.75 Å². The molecule has 0 heterocycles. The third-order valence-electron chi connectivity index (χ3n) is 3.40. The molecule has 1 atom stereocenters. The molecule has 3 rings (SSSR count). The number of aliphatic hydroxyl groups excluding tert-OH is 1. The SMILES string of the molecule is O[C@@H](CNC1CC1)COc1cccc2ccccc12. The van der Waals surface area contributed by atoms with Gasteiger partial charge in [-0.15, -0.1) is 0 Å². The number of benzene rings is 2. The first-order chi connectivity index (χ1) is 9.33. The van der Waals surface area contributed by atoms with Gasteiger partial charge in [0.15, 0.2) is 0 Å². The summed E-state index contributed by atoms with van der Waals surface area (Å²) in [5.74, 6) is 0.837. The third kappa shape index (κ3) is 3.25. The Hall–Kier alpha value is -1.58. The molecular weight excluding hydrogens is 238 g/mol. The lowest BCUT2D eigenvalue weighted by Crippen LogP contribution is -2.32. The predicted octanol–water partition coefficient (Wildman–Crippen LogP) is 2.33. The van der Waals surface area contributed by atoms with Gasteiger partial charge in [-0.3, -0.25) is 0 Å². The van der Waals surface area contributed by atoms with E-state index < -0.39 is 6.10 Å². The molecule has 0 radical (unpaired) electrons. The van der Waals surface area contributed by atoms with Gasteiger partial charge < -0.3 is 15.2 Å². The highest BCUT2D eigenvalue weighted by Gasteiger charge is 2.21. The summed E-state index contributed by atoms with van der Waals surface area (Å²) in [6.07, 6.45) is 2.01. The van der Waals surface area contributed by atoms with Gasteiger partial charge in [0.05, 0.1) is 0 Å². The van der Waals surface area contributed by atoms with Crippen molar-refractivity contribution in [3.63, 3.8) is 0 Å². The van der Waals surface area contributed by atoms with Crippen LogP contribution in [0.3, 0.4) is 0 Å². The van der Waals surface area contributed by atoms with Crippen molar-refractivity contribution in [3.05, 3.63) is 42.5 Å². The summed E-state index contributed by atoms with van der Waals surface area (Å²) >= 11 is 0. The van der Waals surface area contributed by atoms with Crippen LogP contribution in [0.25, 0.3) is 10.8 Å². The summed E-state index contributed by atoms with van der Waals surface area (Å²) in [4.78, 5) is 0. The van der Waals surface area contributed by atoms with Crippen LogP contribution < -0.4 is 10.1 Å². The molecule has 1 saturated carbocycles. The maximum absolute atomic E-state index is 9.87. The lowest BCUT2D eigenvalue weighted by Gasteiger charge is -2.14. The van der Waals surface area contributed by atoms with Crippen LogP contribution in [0.15, 0.2) is 42.5 Å². The molecule has 1 aliphatic carbocycles. The summed E-state index contributed by atoms with van der Waals surface area (Å²) in [5.41, 5.74) is 0. The Morgan fingerprint density at radius 2 is 1.95 bits per heavy atom. The molecular formula is C16H19NO2. The van der Waals surface area contributed by atoms with Crippen molar-refractivity contribution < 1.29 is 9.84 Å². The molecule has 0 aliphatic heterocycles. The van der Waals surface area contributed by atoms with Gasteiger partial charge in [-0.05, 0) is 24.3 Å². The standard InChI is InChI=1S/C16H19NO2/c18-14(10-17-13-8-9-13)11-19-16-7-3-5-12-4-1-2-6-15(12)16/h1-7,13-14,17-18H,8-11H2/t14-/m0/s1. The number of rotatable bonds is 6. The average Bonchev–Trinajstić information content (AvgIpc) is 3.27. The summed E-state index contributed by atoms with van der Waals surface area (Å²) < 4.78 is 5.74. The predicted molar refractivity (Wildman–Crippen MR) is 76.5 cm³/mol. The largest absolute Gasteiger partial charge is 0.490 e. The first kappa shape index (κ1) is 12.5. The zero-order valence-corrected chi connectivity index (χ0v) is 10.9. The molecule has 0 saturated heterocycles. The molecule has 0 amide bonds. The van der Waals surface area contributed by atoms with Crippen molar-refractivity contribution in [1.82, 2.24) is 5.32 Å². The summed E-state index contributed by atoms with van der Waals surface area (Å²) in [6.45, 7) is 0.934. The molecule has 2 N–H and O–H groups in total. The lowest BCUT2D eigenvalue weighted by atomic mass is 10.1. The highest BCUT2D eigenvalue weighted by atomic mass is 16.5. The first-order valence-electron chi connectivity index (χ1n) is 6.85. The minimum atomic E-state index is -0.459. The topological polar surface area (TPSA) is 41.5 Å². The first-order valence-corrected chi connectivity index (χ1v) is 6.85. The van der Waals surface area contributed by atoms with E-state index in [-0.39, 0.29) is 0 Å². The van der Waals surface area contributed by atoms with Crippen LogP contribution >= 0.6 is 0 Å². The molecule has 19 heavy (non-hydrogen) atoms. The Kier molecular flexibility index (Phi) is 3.67. The lowest BCUT2D eigenvalue weighted by molar-refractivity contribution is 0.107. The van der Waals surface area contributed by atoms with Crippen LogP contribution in [-0.4, -0.2) is 30.4 Å². The normalized spacial score (nSPS) is 16.5. The second-order valence-electron chi connectivity index (χ2n) is 5.12. The van der Waals surface area contributed by atoms with E-state index in [1.165, 1.54) is 12.8 Å². The molecule has 0 unspecified atom stereocenters. The van der Waals surface area contributed by atoms with Crippen LogP contribution in [0.2, 0.25) is 0 Å². The van der Waals surface area contributed by atoms with Gasteiger partial charge in [-0.1, -0.05) is 36.4 Å². The van der Waals surface area contributed by atoms with Crippen LogP contribution in [0.1, 0.15) is 12.8 Å². The molecule has 0 bridgehead atoms. The number of fused-ring (bicyclic) bond motifs is 1. The fraction of sp³-hybridized carbons (Fsp3) is 0.375. The van der Waals surface area contributed by atoms with E-state index in [0.717, 1.165) is 16.5 Å². The fourth-order valence-electron chi connectivity index (χ4n) is 2.16. The number of ether oxygens (including phenoxy) is 1. The number of aliphatic hydroxyl groups is 1. The number of hydrogen-bond donors (Lipinski definition) is 2. The Morgan fingerprint density at radius 3 is 2.79 bits per heavy atom. The fourth-order valence-corrected chi connectivity index (χ4v) is 2.16. The summed E-state index contributed by atoms with van der Waals surface area (Å²) in [6, 6.07) is 14.7. The highest BCUT2D eigenvalue weighted by Crippen LogP contribution is 2.25. The van der Waals surface area contributed by atoms with Crippen LogP contribution in [0, 0.1) is 0 Å². The Labute approximate surface area is 113 Å². The monoisotopic (exact) mass is 257 g/mol. The molecule has 1 fully saturated rings. The van der Waals surface area contributed by atoms with E-state index in [0.29, 0.717) is 19.2 Å². The molecule has 1 aliphatic rings. The Bertz CT molecular complexity index is 546. The van der Waals surface area contributed by atoms with Gasteiger partial charge in [0.1, 0.15) is 18.5 Å². The van der Waals surface area contributed by atoms with Crippen LogP contribution in [0.5, 0.6) is 5.75 Å². The minimum absolute atomic E-state index is 0.327. The van der Waals surface area contributed by atoms with E-state index in [9.17, 15) is 5.11 Å². The quantitative estimate of drug-likeness (QED) is 0.834. The van der Waals surface area contributed by atoms with Gasteiger partial charge in [0.25, 0.3) is 0 Å². The Morgan fingerprint density at radius 1 is 1.16 bits per heavy atom. The van der Waals surface area contributed by atoms with Crippen molar-refractivity contribution in [2.24, 2.45) is 0 Å². The van der Waals surface area contributed by atoms with E-state index in [4.69, 9.17) is 4.74 Å². The molecule has 100 valence electrons. The van der Waals surface area contributed by atoms with Gasteiger partial charge in [-0.2, -0.15) is 0 Å².